The van der Waals surface area contributed by atoms with Gasteiger partial charge in [0.25, 0.3) is 10.0 Å². The molecule has 1 aliphatic heterocycles. The van der Waals surface area contributed by atoms with Gasteiger partial charge in [-0.15, -0.1) is 0 Å². The molecular weight excluding hydrogens is 458 g/mol. The van der Waals surface area contributed by atoms with Crippen LogP contribution in [-0.2, 0) is 19.6 Å². The number of benzene rings is 3. The summed E-state index contributed by atoms with van der Waals surface area (Å²) in [4.78, 5) is 24.7. The topological polar surface area (TPSA) is 71.5 Å². The predicted molar refractivity (Wildman–Crippen MR) is 130 cm³/mol. The number of aryl methyl sites for hydroxylation is 1. The van der Waals surface area contributed by atoms with Gasteiger partial charge in [0, 0.05) is 22.9 Å². The van der Waals surface area contributed by atoms with Crippen molar-refractivity contribution in [2.45, 2.75) is 31.1 Å². The van der Waals surface area contributed by atoms with Crippen LogP contribution in [0.15, 0.2) is 83.3 Å². The number of halogens is 1. The van der Waals surface area contributed by atoms with Crippen molar-refractivity contribution in [3.05, 3.63) is 100 Å². The highest BCUT2D eigenvalue weighted by atomic mass is 35.5. The molecule has 3 aromatic carbocycles. The number of nitrogens with zero attached hydrogens (tertiary/aromatic N) is 1. The monoisotopic (exact) mass is 479 g/mol. The van der Waals surface area contributed by atoms with Crippen LogP contribution in [0.4, 0.5) is 5.69 Å². The van der Waals surface area contributed by atoms with E-state index in [9.17, 15) is 18.0 Å². The van der Waals surface area contributed by atoms with E-state index in [1.54, 1.807) is 72.8 Å². The number of para-hydroxylation sites is 1. The number of carbonyl (C=O) groups is 2. The molecule has 1 atom stereocenters. The zero-order valence-corrected chi connectivity index (χ0v) is 19.7. The van der Waals surface area contributed by atoms with Crippen molar-refractivity contribution in [1.29, 1.82) is 0 Å². The maximum atomic E-state index is 14.0. The van der Waals surface area contributed by atoms with Crippen molar-refractivity contribution in [3.8, 4) is 0 Å². The molecule has 0 radical (unpaired) electrons. The molecule has 0 saturated heterocycles. The molecular formula is C26H22ClNO4S. The van der Waals surface area contributed by atoms with Crippen molar-refractivity contribution in [2.75, 3.05) is 4.31 Å². The normalized spacial score (nSPS) is 15.8. The molecule has 4 rings (SSSR count). The minimum atomic E-state index is -4.10. The average molecular weight is 480 g/mol. The third-order valence-corrected chi connectivity index (χ3v) is 7.66. The average Bonchev–Trinajstić information content (AvgIpc) is 2.79. The second-order valence-electron chi connectivity index (χ2n) is 8.03. The molecule has 7 heteroatoms. The molecule has 0 aliphatic carbocycles. The highest BCUT2D eigenvalue weighted by Crippen LogP contribution is 2.48. The lowest BCUT2D eigenvalue weighted by Gasteiger charge is -2.37. The number of carbonyl (C=O) groups excluding carboxylic acids is 2. The third kappa shape index (κ3) is 4.24. The number of hydrogen-bond donors (Lipinski definition) is 0. The molecule has 1 aliphatic rings. The predicted octanol–water partition coefficient (Wildman–Crippen LogP) is 5.53. The highest BCUT2D eigenvalue weighted by Gasteiger charge is 2.40. The van der Waals surface area contributed by atoms with E-state index >= 15 is 0 Å². The van der Waals surface area contributed by atoms with Crippen molar-refractivity contribution < 1.29 is 18.0 Å². The van der Waals surface area contributed by atoms with Crippen LogP contribution in [0.25, 0.3) is 5.70 Å². The molecule has 0 unspecified atom stereocenters. The smallest absolute Gasteiger partial charge is 0.268 e. The minimum absolute atomic E-state index is 0.0839. The van der Waals surface area contributed by atoms with Gasteiger partial charge in [-0.25, -0.2) is 12.7 Å². The molecule has 168 valence electrons. The number of rotatable bonds is 6. The molecule has 1 heterocycles. The van der Waals surface area contributed by atoms with Crippen LogP contribution in [0.2, 0.25) is 5.02 Å². The van der Waals surface area contributed by atoms with E-state index in [0.717, 1.165) is 5.56 Å². The molecule has 5 nitrogen and oxygen atoms in total. The Labute approximate surface area is 198 Å². The van der Waals surface area contributed by atoms with Crippen LogP contribution in [0, 0.1) is 6.92 Å². The maximum absolute atomic E-state index is 14.0. The van der Waals surface area contributed by atoms with Crippen molar-refractivity contribution in [3.63, 3.8) is 0 Å². The molecule has 0 aromatic heterocycles. The second-order valence-corrected chi connectivity index (χ2v) is 10.3. The summed E-state index contributed by atoms with van der Waals surface area (Å²) >= 11 is 6.07. The number of sulfonamides is 1. The molecule has 0 bridgehead atoms. The van der Waals surface area contributed by atoms with Gasteiger partial charge < -0.3 is 0 Å². The molecule has 0 amide bonds. The quantitative estimate of drug-likeness (QED) is 0.436. The third-order valence-electron chi connectivity index (χ3n) is 5.68. The fourth-order valence-corrected chi connectivity index (χ4v) is 5.83. The standard InChI is InChI=1S/C26H22ClNO4S/c1-17-7-13-21(14-8-17)33(31,32)28-25-6-4-3-5-22(25)23(15-18(2)30)24(16-29)26(28)19-9-11-20(27)12-10-19/h3-14,16,23H,15H2,1-2H3/t23-/m1/s1. The van der Waals surface area contributed by atoms with E-state index in [4.69, 9.17) is 11.6 Å². The maximum Gasteiger partial charge on any atom is 0.268 e. The number of fused-ring (bicyclic) bond motifs is 1. The van der Waals surface area contributed by atoms with E-state index in [2.05, 4.69) is 0 Å². The summed E-state index contributed by atoms with van der Waals surface area (Å²) in [6, 6.07) is 20.2. The summed E-state index contributed by atoms with van der Waals surface area (Å²) in [6.07, 6.45) is 0.742. The first-order valence-electron chi connectivity index (χ1n) is 10.4. The van der Waals surface area contributed by atoms with Crippen LogP contribution in [0.1, 0.15) is 36.0 Å². The van der Waals surface area contributed by atoms with E-state index in [-0.39, 0.29) is 28.4 Å². The van der Waals surface area contributed by atoms with Crippen molar-refractivity contribution >= 4 is 45.1 Å². The second kappa shape index (κ2) is 8.96. The summed E-state index contributed by atoms with van der Waals surface area (Å²) in [5.41, 5.74) is 2.94. The van der Waals surface area contributed by atoms with Gasteiger partial charge in [0.15, 0.2) is 0 Å². The largest absolute Gasteiger partial charge is 0.300 e. The summed E-state index contributed by atoms with van der Waals surface area (Å²) in [6.45, 7) is 3.34. The number of hydrogen-bond acceptors (Lipinski definition) is 4. The van der Waals surface area contributed by atoms with Gasteiger partial charge in [0.1, 0.15) is 12.1 Å². The SMILES string of the molecule is CC(=O)C[C@H]1C(C=O)=C(c2ccc(Cl)cc2)N(S(=O)(=O)c2ccc(C)cc2)c2ccccc21. The number of anilines is 1. The van der Waals surface area contributed by atoms with Crippen molar-refractivity contribution in [1.82, 2.24) is 0 Å². The zero-order valence-electron chi connectivity index (χ0n) is 18.2. The summed E-state index contributed by atoms with van der Waals surface area (Å²) in [7, 11) is -4.10. The van der Waals surface area contributed by atoms with Crippen LogP contribution in [-0.4, -0.2) is 20.5 Å². The number of aldehydes is 1. The van der Waals surface area contributed by atoms with Gasteiger partial charge >= 0.3 is 0 Å². The van der Waals surface area contributed by atoms with E-state index in [1.807, 2.05) is 6.92 Å². The first kappa shape index (κ1) is 23.0. The Bertz CT molecular complexity index is 1360. The van der Waals surface area contributed by atoms with Crippen LogP contribution < -0.4 is 4.31 Å². The Morgan fingerprint density at radius 2 is 1.64 bits per heavy atom. The Morgan fingerprint density at radius 1 is 1.00 bits per heavy atom. The van der Waals surface area contributed by atoms with E-state index in [0.29, 0.717) is 28.1 Å². The van der Waals surface area contributed by atoms with Gasteiger partial charge in [-0.1, -0.05) is 59.6 Å². The van der Waals surface area contributed by atoms with E-state index < -0.39 is 15.9 Å². The van der Waals surface area contributed by atoms with Gasteiger partial charge in [-0.2, -0.15) is 0 Å². The molecule has 0 fully saturated rings. The number of ketones is 1. The lowest BCUT2D eigenvalue weighted by molar-refractivity contribution is -0.117. The fourth-order valence-electron chi connectivity index (χ4n) is 4.14. The lowest BCUT2D eigenvalue weighted by Crippen LogP contribution is -2.35. The van der Waals surface area contributed by atoms with Gasteiger partial charge in [-0.05, 0) is 55.3 Å². The Morgan fingerprint density at radius 3 is 2.24 bits per heavy atom. The van der Waals surface area contributed by atoms with Crippen LogP contribution in [0.3, 0.4) is 0 Å². The molecule has 0 spiro atoms. The highest BCUT2D eigenvalue weighted by molar-refractivity contribution is 7.93. The lowest BCUT2D eigenvalue weighted by atomic mass is 9.81. The fraction of sp³-hybridized carbons (Fsp3) is 0.154. The van der Waals surface area contributed by atoms with Gasteiger partial charge in [0.2, 0.25) is 0 Å². The van der Waals surface area contributed by atoms with Gasteiger partial charge in [0.05, 0.1) is 16.3 Å². The summed E-state index contributed by atoms with van der Waals surface area (Å²) in [5.74, 6) is -0.661. The molecule has 33 heavy (non-hydrogen) atoms. The molecule has 0 saturated carbocycles. The van der Waals surface area contributed by atoms with Crippen molar-refractivity contribution in [2.24, 2.45) is 0 Å². The first-order valence-corrected chi connectivity index (χ1v) is 12.2. The van der Waals surface area contributed by atoms with E-state index in [1.165, 1.54) is 11.2 Å². The summed E-state index contributed by atoms with van der Waals surface area (Å²) < 4.78 is 29.2. The van der Waals surface area contributed by atoms with Crippen LogP contribution in [0.5, 0.6) is 0 Å². The first-order chi connectivity index (χ1) is 15.7. The molecule has 3 aromatic rings. The Kier molecular flexibility index (Phi) is 6.23. The minimum Gasteiger partial charge on any atom is -0.300 e. The van der Waals surface area contributed by atoms with Gasteiger partial charge in [-0.3, -0.25) is 9.59 Å². The Hall–Kier alpha value is -3.22. The number of Topliss-reactive ketones (excluding diaryl/α,β-unsaturated/α-hetero) is 1. The number of allylic oxidation sites excluding steroid dienone is 1. The summed E-state index contributed by atoms with van der Waals surface area (Å²) in [5, 5.41) is 0.483. The Balaban J connectivity index is 2.07. The molecule has 0 N–H and O–H groups in total. The van der Waals surface area contributed by atoms with Crippen LogP contribution >= 0.6 is 11.6 Å². The zero-order chi connectivity index (χ0) is 23.8.